The first-order chi connectivity index (χ1) is 9.13. The van der Waals surface area contributed by atoms with Crippen molar-refractivity contribution in [2.75, 3.05) is 18.1 Å². The molecule has 1 heterocycles. The van der Waals surface area contributed by atoms with Gasteiger partial charge in [-0.15, -0.1) is 0 Å². The molecule has 19 heavy (non-hydrogen) atoms. The molecule has 1 aliphatic heterocycles. The lowest BCUT2D eigenvalue weighted by atomic mass is 9.98. The van der Waals surface area contributed by atoms with E-state index in [9.17, 15) is 10.1 Å². The van der Waals surface area contributed by atoms with Crippen molar-refractivity contribution in [2.24, 2.45) is 0 Å². The minimum absolute atomic E-state index is 0.0392. The average molecular weight is 285 g/mol. The third-order valence-corrected chi connectivity index (χ3v) is 3.77. The molecule has 0 spiro atoms. The molecule has 5 nitrogen and oxygen atoms in total. The average Bonchev–Trinajstić information content (AvgIpc) is 2.40. The third-order valence-electron chi connectivity index (χ3n) is 3.53. The molecule has 1 N–H and O–H groups in total. The molecule has 1 fully saturated rings. The van der Waals surface area contributed by atoms with E-state index < -0.39 is 4.92 Å². The summed E-state index contributed by atoms with van der Waals surface area (Å²) in [7, 11) is 0. The van der Waals surface area contributed by atoms with E-state index in [1.165, 1.54) is 6.07 Å². The summed E-state index contributed by atoms with van der Waals surface area (Å²) in [4.78, 5) is 12.8. The van der Waals surface area contributed by atoms with Crippen molar-refractivity contribution in [2.45, 2.75) is 31.7 Å². The fourth-order valence-electron chi connectivity index (χ4n) is 2.65. The number of benzene rings is 1. The SMILES string of the molecule is O=[N+]([O-])c1cc(Cl)ccc1N1CCCCC1CCO. The summed E-state index contributed by atoms with van der Waals surface area (Å²) in [6.07, 6.45) is 3.71. The van der Waals surface area contributed by atoms with Gasteiger partial charge in [0.25, 0.3) is 5.69 Å². The Morgan fingerprint density at radius 1 is 1.47 bits per heavy atom. The van der Waals surface area contributed by atoms with E-state index in [2.05, 4.69) is 0 Å². The van der Waals surface area contributed by atoms with E-state index >= 15 is 0 Å². The number of halogens is 1. The molecule has 1 aliphatic rings. The molecule has 6 heteroatoms. The second kappa shape index (κ2) is 6.21. The number of nitro groups is 1. The van der Waals surface area contributed by atoms with E-state index in [4.69, 9.17) is 16.7 Å². The number of anilines is 1. The second-order valence-electron chi connectivity index (χ2n) is 4.75. The van der Waals surface area contributed by atoms with Crippen LogP contribution in [0, 0.1) is 10.1 Å². The van der Waals surface area contributed by atoms with Gasteiger partial charge in [0.1, 0.15) is 5.69 Å². The number of rotatable bonds is 4. The van der Waals surface area contributed by atoms with Crippen molar-refractivity contribution in [3.05, 3.63) is 33.3 Å². The molecule has 1 unspecified atom stereocenters. The van der Waals surface area contributed by atoms with E-state index in [-0.39, 0.29) is 18.3 Å². The van der Waals surface area contributed by atoms with Crippen LogP contribution < -0.4 is 4.90 Å². The summed E-state index contributed by atoms with van der Waals surface area (Å²) >= 11 is 5.83. The monoisotopic (exact) mass is 284 g/mol. The first kappa shape index (κ1) is 14.1. The highest BCUT2D eigenvalue weighted by atomic mass is 35.5. The zero-order valence-corrected chi connectivity index (χ0v) is 11.3. The summed E-state index contributed by atoms with van der Waals surface area (Å²) < 4.78 is 0. The first-order valence-corrected chi connectivity index (χ1v) is 6.82. The summed E-state index contributed by atoms with van der Waals surface area (Å²) in [5, 5.41) is 20.6. The Balaban J connectivity index is 2.35. The molecule has 2 rings (SSSR count). The molecule has 0 radical (unpaired) electrons. The van der Waals surface area contributed by atoms with Gasteiger partial charge in [0, 0.05) is 30.3 Å². The van der Waals surface area contributed by atoms with Gasteiger partial charge in [-0.1, -0.05) is 11.6 Å². The molecule has 1 atom stereocenters. The van der Waals surface area contributed by atoms with E-state index in [0.717, 1.165) is 25.8 Å². The fraction of sp³-hybridized carbons (Fsp3) is 0.538. The standard InChI is InChI=1S/C13H17ClN2O3/c14-10-4-5-12(13(9-10)16(18)19)15-7-2-1-3-11(15)6-8-17/h4-5,9,11,17H,1-3,6-8H2. The molecule has 1 aromatic rings. The van der Waals surface area contributed by atoms with E-state index in [0.29, 0.717) is 17.1 Å². The Labute approximate surface area is 116 Å². The lowest BCUT2D eigenvalue weighted by molar-refractivity contribution is -0.384. The molecular weight excluding hydrogens is 268 g/mol. The lowest BCUT2D eigenvalue weighted by Gasteiger charge is -2.37. The van der Waals surface area contributed by atoms with Crippen LogP contribution in [0.1, 0.15) is 25.7 Å². The van der Waals surface area contributed by atoms with Crippen LogP contribution in [0.2, 0.25) is 5.02 Å². The number of nitro benzene ring substituents is 1. The van der Waals surface area contributed by atoms with Crippen molar-refractivity contribution < 1.29 is 10.0 Å². The molecule has 0 bridgehead atoms. The molecule has 0 saturated carbocycles. The van der Waals surface area contributed by atoms with Crippen LogP contribution in [-0.4, -0.2) is 29.2 Å². The van der Waals surface area contributed by atoms with Gasteiger partial charge in [0.05, 0.1) is 4.92 Å². The smallest absolute Gasteiger partial charge is 0.294 e. The number of aliphatic hydroxyl groups excluding tert-OH is 1. The maximum atomic E-state index is 11.2. The van der Waals surface area contributed by atoms with Gasteiger partial charge in [-0.05, 0) is 37.8 Å². The molecular formula is C13H17ClN2O3. The van der Waals surface area contributed by atoms with Crippen LogP contribution in [0.5, 0.6) is 0 Å². The second-order valence-corrected chi connectivity index (χ2v) is 5.18. The predicted molar refractivity (Wildman–Crippen MR) is 74.8 cm³/mol. The predicted octanol–water partition coefficient (Wildman–Crippen LogP) is 2.99. The normalized spacial score (nSPS) is 19.5. The Hall–Kier alpha value is -1.33. The number of nitrogens with zero attached hydrogens (tertiary/aromatic N) is 2. The fourth-order valence-corrected chi connectivity index (χ4v) is 2.82. The van der Waals surface area contributed by atoms with Crippen molar-refractivity contribution >= 4 is 23.0 Å². The first-order valence-electron chi connectivity index (χ1n) is 6.45. The molecule has 0 amide bonds. The largest absolute Gasteiger partial charge is 0.396 e. The zero-order valence-electron chi connectivity index (χ0n) is 10.6. The van der Waals surface area contributed by atoms with Crippen LogP contribution in [0.15, 0.2) is 18.2 Å². The summed E-state index contributed by atoms with van der Waals surface area (Å²) in [6, 6.07) is 4.94. The van der Waals surface area contributed by atoms with Gasteiger partial charge in [0.15, 0.2) is 0 Å². The highest BCUT2D eigenvalue weighted by Crippen LogP contribution is 2.35. The number of piperidine rings is 1. The minimum atomic E-state index is -0.397. The van der Waals surface area contributed by atoms with Crippen molar-refractivity contribution in [1.82, 2.24) is 0 Å². The maximum absolute atomic E-state index is 11.2. The third kappa shape index (κ3) is 3.16. The zero-order chi connectivity index (χ0) is 13.8. The lowest BCUT2D eigenvalue weighted by Crippen LogP contribution is -2.40. The molecule has 0 aliphatic carbocycles. The highest BCUT2D eigenvalue weighted by molar-refractivity contribution is 6.30. The van der Waals surface area contributed by atoms with Gasteiger partial charge in [-0.2, -0.15) is 0 Å². The van der Waals surface area contributed by atoms with Crippen LogP contribution in [-0.2, 0) is 0 Å². The van der Waals surface area contributed by atoms with Gasteiger partial charge in [-0.3, -0.25) is 10.1 Å². The Bertz CT molecular complexity index is 465. The molecule has 1 saturated heterocycles. The van der Waals surface area contributed by atoms with Gasteiger partial charge in [0.2, 0.25) is 0 Å². The van der Waals surface area contributed by atoms with Crippen molar-refractivity contribution in [3.63, 3.8) is 0 Å². The Morgan fingerprint density at radius 3 is 2.95 bits per heavy atom. The van der Waals surface area contributed by atoms with Gasteiger partial charge in [-0.25, -0.2) is 0 Å². The quantitative estimate of drug-likeness (QED) is 0.682. The highest BCUT2D eigenvalue weighted by Gasteiger charge is 2.27. The van der Waals surface area contributed by atoms with Crippen molar-refractivity contribution in [3.8, 4) is 0 Å². The number of hydrogen-bond donors (Lipinski definition) is 1. The number of hydrogen-bond acceptors (Lipinski definition) is 4. The van der Waals surface area contributed by atoms with E-state index in [1.807, 2.05) is 4.90 Å². The minimum Gasteiger partial charge on any atom is -0.396 e. The molecule has 104 valence electrons. The summed E-state index contributed by atoms with van der Waals surface area (Å²) in [5.74, 6) is 0. The molecule has 1 aromatic carbocycles. The van der Waals surface area contributed by atoms with Crippen LogP contribution >= 0.6 is 11.6 Å². The Kier molecular flexibility index (Phi) is 4.61. The van der Waals surface area contributed by atoms with E-state index in [1.54, 1.807) is 12.1 Å². The van der Waals surface area contributed by atoms with Crippen LogP contribution in [0.3, 0.4) is 0 Å². The van der Waals surface area contributed by atoms with Gasteiger partial charge >= 0.3 is 0 Å². The van der Waals surface area contributed by atoms with Crippen LogP contribution in [0.25, 0.3) is 0 Å². The summed E-state index contributed by atoms with van der Waals surface area (Å²) in [5.41, 5.74) is 0.643. The molecule has 0 aromatic heterocycles. The van der Waals surface area contributed by atoms with Crippen LogP contribution in [0.4, 0.5) is 11.4 Å². The van der Waals surface area contributed by atoms with Gasteiger partial charge < -0.3 is 10.0 Å². The maximum Gasteiger partial charge on any atom is 0.294 e. The Morgan fingerprint density at radius 2 is 2.26 bits per heavy atom. The van der Waals surface area contributed by atoms with Crippen molar-refractivity contribution in [1.29, 1.82) is 0 Å². The topological polar surface area (TPSA) is 66.6 Å². The summed E-state index contributed by atoms with van der Waals surface area (Å²) in [6.45, 7) is 0.885. The number of aliphatic hydroxyl groups is 1.